The fourth-order valence-electron chi connectivity index (χ4n) is 1.40. The molecule has 1 N–H and O–H groups in total. The van der Waals surface area contributed by atoms with E-state index in [2.05, 4.69) is 9.97 Å². The second kappa shape index (κ2) is 5.35. The van der Waals surface area contributed by atoms with Crippen molar-refractivity contribution < 1.29 is 32.2 Å². The van der Waals surface area contributed by atoms with Crippen LogP contribution in [0.15, 0.2) is 30.5 Å². The van der Waals surface area contributed by atoms with Crippen molar-refractivity contribution in [2.24, 2.45) is 0 Å². The first-order chi connectivity index (χ1) is 9.77. The SMILES string of the molecule is O=C(O)c1cc(F)ccc1Oc1nccc(C(F)(F)F)n1. The van der Waals surface area contributed by atoms with E-state index in [-0.39, 0.29) is 5.75 Å². The van der Waals surface area contributed by atoms with Gasteiger partial charge in [-0.15, -0.1) is 0 Å². The van der Waals surface area contributed by atoms with Crippen LogP contribution in [0, 0.1) is 5.82 Å². The molecular formula is C12H6F4N2O3. The van der Waals surface area contributed by atoms with E-state index in [4.69, 9.17) is 9.84 Å². The van der Waals surface area contributed by atoms with Gasteiger partial charge in [-0.05, 0) is 24.3 Å². The Labute approximate surface area is 114 Å². The van der Waals surface area contributed by atoms with Crippen LogP contribution in [0.2, 0.25) is 0 Å². The highest BCUT2D eigenvalue weighted by Gasteiger charge is 2.33. The van der Waals surface area contributed by atoms with Gasteiger partial charge in [-0.1, -0.05) is 0 Å². The Kier molecular flexibility index (Phi) is 3.74. The highest BCUT2D eigenvalue weighted by molar-refractivity contribution is 5.90. The van der Waals surface area contributed by atoms with E-state index in [1.54, 1.807) is 0 Å². The van der Waals surface area contributed by atoms with E-state index in [1.807, 2.05) is 0 Å². The van der Waals surface area contributed by atoms with Gasteiger partial charge in [0.05, 0.1) is 0 Å². The summed E-state index contributed by atoms with van der Waals surface area (Å²) in [7, 11) is 0. The van der Waals surface area contributed by atoms with Crippen molar-refractivity contribution in [3.05, 3.63) is 47.5 Å². The topological polar surface area (TPSA) is 72.3 Å². The van der Waals surface area contributed by atoms with Crippen molar-refractivity contribution in [1.82, 2.24) is 9.97 Å². The molecule has 0 aliphatic carbocycles. The maximum absolute atomic E-state index is 13.0. The molecule has 1 heterocycles. The molecule has 2 rings (SSSR count). The number of aromatic carboxylic acids is 1. The zero-order chi connectivity index (χ0) is 15.6. The smallest absolute Gasteiger partial charge is 0.433 e. The molecule has 0 aliphatic heterocycles. The Morgan fingerprint density at radius 1 is 1.24 bits per heavy atom. The summed E-state index contributed by atoms with van der Waals surface area (Å²) in [4.78, 5) is 17.5. The van der Waals surface area contributed by atoms with Crippen LogP contribution in [0.25, 0.3) is 0 Å². The number of aromatic nitrogens is 2. The molecule has 1 aromatic carbocycles. The average molecular weight is 302 g/mol. The van der Waals surface area contributed by atoms with Crippen LogP contribution < -0.4 is 4.74 Å². The summed E-state index contributed by atoms with van der Waals surface area (Å²) in [6, 6.07) is 2.47. The van der Waals surface area contributed by atoms with E-state index < -0.39 is 35.2 Å². The van der Waals surface area contributed by atoms with Crippen LogP contribution in [0.3, 0.4) is 0 Å². The second-order valence-corrected chi connectivity index (χ2v) is 3.77. The number of nitrogens with zero attached hydrogens (tertiary/aromatic N) is 2. The molecule has 0 aliphatic rings. The van der Waals surface area contributed by atoms with Gasteiger partial charge in [0, 0.05) is 6.20 Å². The molecule has 0 amide bonds. The Morgan fingerprint density at radius 3 is 2.57 bits per heavy atom. The fraction of sp³-hybridized carbons (Fsp3) is 0.0833. The van der Waals surface area contributed by atoms with Gasteiger partial charge < -0.3 is 9.84 Å². The number of carbonyl (C=O) groups is 1. The number of alkyl halides is 3. The molecular weight excluding hydrogens is 296 g/mol. The molecule has 0 saturated heterocycles. The molecule has 5 nitrogen and oxygen atoms in total. The van der Waals surface area contributed by atoms with Crippen molar-refractivity contribution in [1.29, 1.82) is 0 Å². The zero-order valence-electron chi connectivity index (χ0n) is 10.1. The Hall–Kier alpha value is -2.71. The molecule has 9 heteroatoms. The van der Waals surface area contributed by atoms with Crippen LogP contribution in [-0.4, -0.2) is 21.0 Å². The maximum atomic E-state index is 13.0. The summed E-state index contributed by atoms with van der Waals surface area (Å²) in [5.74, 6) is -2.70. The lowest BCUT2D eigenvalue weighted by Crippen LogP contribution is -2.09. The summed E-state index contributed by atoms with van der Waals surface area (Å²) < 4.78 is 55.3. The molecule has 0 saturated carbocycles. The number of hydrogen-bond acceptors (Lipinski definition) is 4. The Balaban J connectivity index is 2.37. The van der Waals surface area contributed by atoms with E-state index in [1.165, 1.54) is 0 Å². The number of carboxylic acid groups (broad SMARTS) is 1. The van der Waals surface area contributed by atoms with Crippen LogP contribution in [0.4, 0.5) is 17.6 Å². The second-order valence-electron chi connectivity index (χ2n) is 3.77. The van der Waals surface area contributed by atoms with Crippen molar-refractivity contribution in [2.75, 3.05) is 0 Å². The number of carboxylic acids is 1. The molecule has 21 heavy (non-hydrogen) atoms. The molecule has 0 bridgehead atoms. The standard InChI is InChI=1S/C12H6F4N2O3/c13-6-1-2-8(7(5-6)10(19)20)21-11-17-4-3-9(18-11)12(14,15)16/h1-5H,(H,19,20). The summed E-state index contributed by atoms with van der Waals surface area (Å²) >= 11 is 0. The van der Waals surface area contributed by atoms with Crippen LogP contribution in [-0.2, 0) is 6.18 Å². The molecule has 110 valence electrons. The van der Waals surface area contributed by atoms with Crippen molar-refractivity contribution in [3.8, 4) is 11.8 Å². The normalized spacial score (nSPS) is 11.2. The fourth-order valence-corrected chi connectivity index (χ4v) is 1.40. The van der Waals surface area contributed by atoms with Crippen molar-refractivity contribution in [2.45, 2.75) is 6.18 Å². The van der Waals surface area contributed by atoms with E-state index in [0.29, 0.717) is 12.1 Å². The summed E-state index contributed by atoms with van der Waals surface area (Å²) in [5, 5.41) is 8.88. The first-order valence-corrected chi connectivity index (χ1v) is 5.38. The highest BCUT2D eigenvalue weighted by Crippen LogP contribution is 2.29. The van der Waals surface area contributed by atoms with Gasteiger partial charge in [0.25, 0.3) is 0 Å². The average Bonchev–Trinajstić information content (AvgIpc) is 2.40. The van der Waals surface area contributed by atoms with Crippen LogP contribution in [0.1, 0.15) is 16.1 Å². The van der Waals surface area contributed by atoms with Crippen molar-refractivity contribution >= 4 is 5.97 Å². The lowest BCUT2D eigenvalue weighted by Gasteiger charge is -2.09. The Bertz CT molecular complexity index is 688. The van der Waals surface area contributed by atoms with Gasteiger partial charge in [-0.2, -0.15) is 18.2 Å². The van der Waals surface area contributed by atoms with Gasteiger partial charge in [-0.25, -0.2) is 14.2 Å². The molecule has 1 aromatic heterocycles. The Morgan fingerprint density at radius 2 is 1.95 bits per heavy atom. The largest absolute Gasteiger partial charge is 0.478 e. The molecule has 2 aromatic rings. The summed E-state index contributed by atoms with van der Waals surface area (Å²) in [5.41, 5.74) is -1.80. The van der Waals surface area contributed by atoms with Gasteiger partial charge in [-0.3, -0.25) is 0 Å². The molecule has 0 radical (unpaired) electrons. The number of halogens is 4. The number of benzene rings is 1. The van der Waals surface area contributed by atoms with E-state index in [9.17, 15) is 22.4 Å². The third kappa shape index (κ3) is 3.44. The van der Waals surface area contributed by atoms with E-state index >= 15 is 0 Å². The lowest BCUT2D eigenvalue weighted by atomic mass is 10.2. The predicted molar refractivity (Wildman–Crippen MR) is 60.5 cm³/mol. The zero-order valence-corrected chi connectivity index (χ0v) is 10.1. The first-order valence-electron chi connectivity index (χ1n) is 5.38. The first kappa shape index (κ1) is 14.7. The van der Waals surface area contributed by atoms with Crippen LogP contribution in [0.5, 0.6) is 11.8 Å². The molecule has 0 unspecified atom stereocenters. The minimum atomic E-state index is -4.69. The maximum Gasteiger partial charge on any atom is 0.433 e. The number of ether oxygens (including phenoxy) is 1. The van der Waals surface area contributed by atoms with Gasteiger partial charge >= 0.3 is 18.2 Å². The third-order valence-corrected chi connectivity index (χ3v) is 2.30. The van der Waals surface area contributed by atoms with Gasteiger partial charge in [0.2, 0.25) is 0 Å². The monoisotopic (exact) mass is 302 g/mol. The van der Waals surface area contributed by atoms with Crippen LogP contribution >= 0.6 is 0 Å². The predicted octanol–water partition coefficient (Wildman–Crippen LogP) is 3.13. The summed E-state index contributed by atoms with van der Waals surface area (Å²) in [6.07, 6.45) is -3.88. The quantitative estimate of drug-likeness (QED) is 0.882. The molecule has 0 atom stereocenters. The van der Waals surface area contributed by atoms with Gasteiger partial charge in [0.1, 0.15) is 17.1 Å². The minimum Gasteiger partial charge on any atom is -0.478 e. The minimum absolute atomic E-state index is 0.372. The molecule has 0 fully saturated rings. The number of hydrogen-bond donors (Lipinski definition) is 1. The molecule has 0 spiro atoms. The lowest BCUT2D eigenvalue weighted by molar-refractivity contribution is -0.141. The third-order valence-electron chi connectivity index (χ3n) is 2.30. The van der Waals surface area contributed by atoms with Gasteiger partial charge in [0.15, 0.2) is 5.69 Å². The highest BCUT2D eigenvalue weighted by atomic mass is 19.4. The number of rotatable bonds is 3. The van der Waals surface area contributed by atoms with Crippen molar-refractivity contribution in [3.63, 3.8) is 0 Å². The summed E-state index contributed by atoms with van der Waals surface area (Å²) in [6.45, 7) is 0. The van der Waals surface area contributed by atoms with E-state index in [0.717, 1.165) is 18.3 Å².